The lowest BCUT2D eigenvalue weighted by molar-refractivity contribution is 0.185. The topological polar surface area (TPSA) is 45.0 Å². The van der Waals surface area contributed by atoms with Gasteiger partial charge in [-0.3, -0.25) is 0 Å². The van der Waals surface area contributed by atoms with Crippen molar-refractivity contribution in [2.45, 2.75) is 13.2 Å². The Kier molecular flexibility index (Phi) is 5.16. The molecule has 0 unspecified atom stereocenters. The van der Waals surface area contributed by atoms with E-state index in [1.54, 1.807) is 13.2 Å². The molecule has 0 saturated carbocycles. The predicted molar refractivity (Wildman–Crippen MR) is 83.3 cm³/mol. The molecule has 0 aliphatic rings. The van der Waals surface area contributed by atoms with Crippen molar-refractivity contribution in [3.05, 3.63) is 63.6 Å². The second-order valence-electron chi connectivity index (χ2n) is 4.45. The molecule has 0 aliphatic heterocycles. The van der Waals surface area contributed by atoms with Gasteiger partial charge in [0.2, 0.25) is 0 Å². The van der Waals surface area contributed by atoms with Gasteiger partial charge in [0.25, 0.3) is 0 Å². The van der Waals surface area contributed by atoms with Gasteiger partial charge in [0.1, 0.15) is 0 Å². The second kappa shape index (κ2) is 7.09. The van der Waals surface area contributed by atoms with Crippen LogP contribution in [-0.4, -0.2) is 7.11 Å². The van der Waals surface area contributed by atoms with E-state index < -0.39 is 0 Å². The fraction of sp³-hybridized carbons (Fsp3) is 0.188. The quantitative estimate of drug-likeness (QED) is 0.898. The van der Waals surface area contributed by atoms with E-state index in [1.807, 2.05) is 24.3 Å². The molecule has 0 radical (unpaired) electrons. The van der Waals surface area contributed by atoms with Crippen LogP contribution >= 0.6 is 15.9 Å². The van der Waals surface area contributed by atoms with Crippen LogP contribution < -0.4 is 5.32 Å². The first-order valence-electron chi connectivity index (χ1n) is 6.22. The smallest absolute Gasteiger partial charge is 0.0992 e. The number of halogens is 1. The standard InChI is InChI=1S/C16H15BrN2O/c1-20-11-13-4-2-3-12(5-13)10-19-16-7-14(9-18)6-15(17)8-16/h2-8,19H,10-11H2,1H3. The number of methoxy groups -OCH3 is 1. The Morgan fingerprint density at radius 3 is 2.75 bits per heavy atom. The van der Waals surface area contributed by atoms with E-state index >= 15 is 0 Å². The third kappa shape index (κ3) is 4.09. The highest BCUT2D eigenvalue weighted by Crippen LogP contribution is 2.20. The highest BCUT2D eigenvalue weighted by molar-refractivity contribution is 9.10. The number of ether oxygens (including phenoxy) is 1. The van der Waals surface area contributed by atoms with Crippen LogP contribution in [0.3, 0.4) is 0 Å². The number of hydrogen-bond acceptors (Lipinski definition) is 3. The molecule has 0 atom stereocenters. The number of benzene rings is 2. The van der Waals surface area contributed by atoms with Crippen LogP contribution in [-0.2, 0) is 17.9 Å². The highest BCUT2D eigenvalue weighted by Gasteiger charge is 2.00. The minimum atomic E-state index is 0.614. The molecule has 0 spiro atoms. The summed E-state index contributed by atoms with van der Waals surface area (Å²) in [6.45, 7) is 1.32. The number of rotatable bonds is 5. The molecular weight excluding hydrogens is 316 g/mol. The van der Waals surface area contributed by atoms with E-state index in [0.717, 1.165) is 15.7 Å². The van der Waals surface area contributed by atoms with Gasteiger partial charge >= 0.3 is 0 Å². The van der Waals surface area contributed by atoms with Crippen LogP contribution in [0.1, 0.15) is 16.7 Å². The van der Waals surface area contributed by atoms with Crippen molar-refractivity contribution >= 4 is 21.6 Å². The molecule has 0 bridgehead atoms. The van der Waals surface area contributed by atoms with Crippen molar-refractivity contribution in [3.63, 3.8) is 0 Å². The highest BCUT2D eigenvalue weighted by atomic mass is 79.9. The monoisotopic (exact) mass is 330 g/mol. The van der Waals surface area contributed by atoms with Gasteiger partial charge in [-0.15, -0.1) is 0 Å². The van der Waals surface area contributed by atoms with Crippen LogP contribution in [0.5, 0.6) is 0 Å². The van der Waals surface area contributed by atoms with Crippen LogP contribution in [0.2, 0.25) is 0 Å². The van der Waals surface area contributed by atoms with Gasteiger partial charge in [0.05, 0.1) is 18.2 Å². The van der Waals surface area contributed by atoms with Gasteiger partial charge in [-0.05, 0) is 29.3 Å². The van der Waals surface area contributed by atoms with Gasteiger partial charge in [0, 0.05) is 23.8 Å². The zero-order chi connectivity index (χ0) is 14.4. The number of anilines is 1. The fourth-order valence-corrected chi connectivity index (χ4v) is 2.45. The van der Waals surface area contributed by atoms with Gasteiger partial charge in [-0.1, -0.05) is 40.2 Å². The molecule has 0 aliphatic carbocycles. The van der Waals surface area contributed by atoms with E-state index in [0.29, 0.717) is 18.7 Å². The molecule has 2 rings (SSSR count). The first-order valence-corrected chi connectivity index (χ1v) is 7.02. The van der Waals surface area contributed by atoms with Crippen LogP contribution in [0.4, 0.5) is 5.69 Å². The maximum atomic E-state index is 8.95. The summed E-state index contributed by atoms with van der Waals surface area (Å²) in [4.78, 5) is 0. The minimum absolute atomic E-state index is 0.614. The Bertz CT molecular complexity index is 635. The Hall–Kier alpha value is -1.83. The van der Waals surface area contributed by atoms with Crippen molar-refractivity contribution in [2.75, 3.05) is 12.4 Å². The number of nitrogens with zero attached hydrogens (tertiary/aromatic N) is 1. The minimum Gasteiger partial charge on any atom is -0.381 e. The molecular formula is C16H15BrN2O. The molecule has 20 heavy (non-hydrogen) atoms. The average molecular weight is 331 g/mol. The SMILES string of the molecule is COCc1cccc(CNc2cc(Br)cc(C#N)c2)c1. The van der Waals surface area contributed by atoms with Gasteiger partial charge in [-0.2, -0.15) is 5.26 Å². The van der Waals surface area contributed by atoms with E-state index in [4.69, 9.17) is 10.00 Å². The molecule has 0 saturated heterocycles. The lowest BCUT2D eigenvalue weighted by Gasteiger charge is -2.09. The Balaban J connectivity index is 2.07. The third-order valence-corrected chi connectivity index (χ3v) is 3.28. The summed E-state index contributed by atoms with van der Waals surface area (Å²) < 4.78 is 6.02. The predicted octanol–water partition coefficient (Wildman–Crippen LogP) is 4.08. The Labute approximate surface area is 127 Å². The zero-order valence-corrected chi connectivity index (χ0v) is 12.8. The summed E-state index contributed by atoms with van der Waals surface area (Å²) in [6.07, 6.45) is 0. The molecule has 2 aromatic rings. The summed E-state index contributed by atoms with van der Waals surface area (Å²) in [7, 11) is 1.69. The van der Waals surface area contributed by atoms with Crippen LogP contribution in [0.25, 0.3) is 0 Å². The molecule has 0 aromatic heterocycles. The molecule has 4 heteroatoms. The number of nitrogens with one attached hydrogen (secondary N) is 1. The largest absolute Gasteiger partial charge is 0.381 e. The summed E-state index contributed by atoms with van der Waals surface area (Å²) >= 11 is 3.40. The van der Waals surface area contributed by atoms with Gasteiger partial charge in [-0.25, -0.2) is 0 Å². The maximum Gasteiger partial charge on any atom is 0.0992 e. The van der Waals surface area contributed by atoms with Crippen molar-refractivity contribution in [1.82, 2.24) is 0 Å². The fourth-order valence-electron chi connectivity index (χ4n) is 1.96. The van der Waals surface area contributed by atoms with E-state index in [9.17, 15) is 0 Å². The van der Waals surface area contributed by atoms with Crippen molar-refractivity contribution in [2.24, 2.45) is 0 Å². The molecule has 3 nitrogen and oxygen atoms in total. The van der Waals surface area contributed by atoms with Crippen molar-refractivity contribution in [1.29, 1.82) is 5.26 Å². The molecule has 0 fully saturated rings. The molecule has 102 valence electrons. The first kappa shape index (κ1) is 14.6. The summed E-state index contributed by atoms with van der Waals surface area (Å²) in [5.74, 6) is 0. The summed E-state index contributed by atoms with van der Waals surface area (Å²) in [6, 6.07) is 16.0. The van der Waals surface area contributed by atoms with E-state index in [-0.39, 0.29) is 0 Å². The van der Waals surface area contributed by atoms with Crippen molar-refractivity contribution in [3.8, 4) is 6.07 Å². The van der Waals surface area contributed by atoms with E-state index in [1.165, 1.54) is 5.56 Å². The third-order valence-electron chi connectivity index (χ3n) is 2.83. The van der Waals surface area contributed by atoms with Crippen LogP contribution in [0.15, 0.2) is 46.9 Å². The molecule has 2 aromatic carbocycles. The van der Waals surface area contributed by atoms with Crippen LogP contribution in [0, 0.1) is 11.3 Å². The van der Waals surface area contributed by atoms with E-state index in [2.05, 4.69) is 39.4 Å². The second-order valence-corrected chi connectivity index (χ2v) is 5.36. The maximum absolute atomic E-state index is 8.95. The molecule has 0 heterocycles. The lowest BCUT2D eigenvalue weighted by atomic mass is 10.1. The lowest BCUT2D eigenvalue weighted by Crippen LogP contribution is -2.00. The number of nitriles is 1. The zero-order valence-electron chi connectivity index (χ0n) is 11.2. The van der Waals surface area contributed by atoms with Gasteiger partial charge < -0.3 is 10.1 Å². The number of hydrogen-bond donors (Lipinski definition) is 1. The van der Waals surface area contributed by atoms with Crippen molar-refractivity contribution < 1.29 is 4.74 Å². The molecule has 1 N–H and O–H groups in total. The normalized spacial score (nSPS) is 10.1. The first-order chi connectivity index (χ1) is 9.71. The van der Waals surface area contributed by atoms with Gasteiger partial charge in [0.15, 0.2) is 0 Å². The Morgan fingerprint density at radius 1 is 1.20 bits per heavy atom. The summed E-state index contributed by atoms with van der Waals surface area (Å²) in [5.41, 5.74) is 3.89. The summed E-state index contributed by atoms with van der Waals surface area (Å²) in [5, 5.41) is 12.3. The average Bonchev–Trinajstić information content (AvgIpc) is 2.45. The Morgan fingerprint density at radius 2 is 2.00 bits per heavy atom. The molecule has 0 amide bonds.